The van der Waals surface area contributed by atoms with Crippen LogP contribution in [0, 0.1) is 15.2 Å². The molecule has 0 bridgehead atoms. The Hall–Kier alpha value is -1.02. The van der Waals surface area contributed by atoms with Crippen molar-refractivity contribution in [1.82, 2.24) is 0 Å². The van der Waals surface area contributed by atoms with Crippen molar-refractivity contribution in [3.8, 4) is 0 Å². The Morgan fingerprint density at radius 2 is 1.89 bits per heavy atom. The van der Waals surface area contributed by atoms with E-state index >= 15 is 0 Å². The van der Waals surface area contributed by atoms with Gasteiger partial charge < -0.3 is 5.32 Å². The first-order valence-electron chi connectivity index (χ1n) is 5.19. The van der Waals surface area contributed by atoms with Crippen LogP contribution in [-0.4, -0.2) is 5.91 Å². The third kappa shape index (κ3) is 3.50. The van der Waals surface area contributed by atoms with Crippen molar-refractivity contribution >= 4 is 50.1 Å². The molecule has 6 heteroatoms. The van der Waals surface area contributed by atoms with E-state index in [0.29, 0.717) is 16.2 Å². The molecule has 0 aliphatic carbocycles. The second-order valence-electron chi connectivity index (χ2n) is 3.70. The molecule has 0 spiro atoms. The molecule has 0 atom stereocenters. The van der Waals surface area contributed by atoms with Gasteiger partial charge in [0, 0.05) is 14.1 Å². The quantitative estimate of drug-likeness (QED) is 0.684. The largest absolute Gasteiger partial charge is 0.321 e. The maximum Gasteiger partial charge on any atom is 0.258 e. The summed E-state index contributed by atoms with van der Waals surface area (Å²) in [6.07, 6.45) is 0. The van der Waals surface area contributed by atoms with Crippen LogP contribution in [0.3, 0.4) is 0 Å². The van der Waals surface area contributed by atoms with Gasteiger partial charge in [0.2, 0.25) is 0 Å². The van der Waals surface area contributed by atoms with Crippen molar-refractivity contribution in [2.75, 3.05) is 5.32 Å². The molecule has 0 aromatic heterocycles. The molecule has 19 heavy (non-hydrogen) atoms. The van der Waals surface area contributed by atoms with Crippen molar-refractivity contribution in [1.29, 1.82) is 0 Å². The minimum Gasteiger partial charge on any atom is -0.321 e. The van der Waals surface area contributed by atoms with Gasteiger partial charge in [-0.05, 0) is 68.9 Å². The standard InChI is InChI=1S/C13H7BrF2INO/c14-10-4-2-8(17)6-12(10)18-13(19)9-3-1-7(15)5-11(9)16/h1-6H,(H,18,19). The monoisotopic (exact) mass is 437 g/mol. The molecular weight excluding hydrogens is 431 g/mol. The van der Waals surface area contributed by atoms with E-state index in [1.807, 2.05) is 6.07 Å². The summed E-state index contributed by atoms with van der Waals surface area (Å²) >= 11 is 5.39. The Morgan fingerprint density at radius 1 is 1.16 bits per heavy atom. The van der Waals surface area contributed by atoms with Gasteiger partial charge in [-0.2, -0.15) is 0 Å². The van der Waals surface area contributed by atoms with Crippen molar-refractivity contribution in [3.05, 3.63) is 61.6 Å². The van der Waals surface area contributed by atoms with E-state index in [9.17, 15) is 13.6 Å². The van der Waals surface area contributed by atoms with Gasteiger partial charge in [-0.15, -0.1) is 0 Å². The summed E-state index contributed by atoms with van der Waals surface area (Å²) in [5.74, 6) is -2.23. The Morgan fingerprint density at radius 3 is 2.58 bits per heavy atom. The highest BCUT2D eigenvalue weighted by atomic mass is 127. The number of hydrogen-bond donors (Lipinski definition) is 1. The molecule has 0 radical (unpaired) electrons. The van der Waals surface area contributed by atoms with Gasteiger partial charge in [0.05, 0.1) is 11.3 Å². The summed E-state index contributed by atoms with van der Waals surface area (Å²) < 4.78 is 27.9. The van der Waals surface area contributed by atoms with E-state index < -0.39 is 17.5 Å². The number of amides is 1. The van der Waals surface area contributed by atoms with Crippen LogP contribution < -0.4 is 5.32 Å². The Labute approximate surface area is 130 Å². The number of hydrogen-bond acceptors (Lipinski definition) is 1. The molecule has 2 aromatic carbocycles. The molecule has 0 unspecified atom stereocenters. The highest BCUT2D eigenvalue weighted by Gasteiger charge is 2.13. The molecule has 1 N–H and O–H groups in total. The van der Waals surface area contributed by atoms with E-state index in [2.05, 4.69) is 43.8 Å². The SMILES string of the molecule is O=C(Nc1cc(I)ccc1Br)c1ccc(F)cc1F. The molecular formula is C13H7BrF2INO. The van der Waals surface area contributed by atoms with Crippen LogP contribution in [0.4, 0.5) is 14.5 Å². The summed E-state index contributed by atoms with van der Waals surface area (Å²) in [6.45, 7) is 0. The second-order valence-corrected chi connectivity index (χ2v) is 5.80. The number of carbonyl (C=O) groups excluding carboxylic acids is 1. The van der Waals surface area contributed by atoms with Crippen molar-refractivity contribution < 1.29 is 13.6 Å². The molecule has 0 aliphatic heterocycles. The number of benzene rings is 2. The van der Waals surface area contributed by atoms with Gasteiger partial charge in [-0.3, -0.25) is 4.79 Å². The fourth-order valence-electron chi connectivity index (χ4n) is 1.46. The van der Waals surface area contributed by atoms with E-state index in [1.165, 1.54) is 0 Å². The minimum absolute atomic E-state index is 0.202. The molecule has 0 aliphatic rings. The molecule has 0 saturated carbocycles. The van der Waals surface area contributed by atoms with Gasteiger partial charge in [-0.25, -0.2) is 8.78 Å². The second kappa shape index (κ2) is 5.96. The van der Waals surface area contributed by atoms with Gasteiger partial charge in [-0.1, -0.05) is 0 Å². The number of carbonyl (C=O) groups is 1. The fraction of sp³-hybridized carbons (Fsp3) is 0. The van der Waals surface area contributed by atoms with Crippen LogP contribution in [0.2, 0.25) is 0 Å². The zero-order valence-electron chi connectivity index (χ0n) is 9.38. The number of halogens is 4. The average Bonchev–Trinajstić information content (AvgIpc) is 2.33. The first-order chi connectivity index (χ1) is 8.97. The smallest absolute Gasteiger partial charge is 0.258 e. The van der Waals surface area contributed by atoms with Crippen LogP contribution in [0.1, 0.15) is 10.4 Å². The zero-order chi connectivity index (χ0) is 14.0. The first kappa shape index (κ1) is 14.4. The van der Waals surface area contributed by atoms with E-state index in [1.54, 1.807) is 12.1 Å². The number of anilines is 1. The molecule has 2 nitrogen and oxygen atoms in total. The normalized spacial score (nSPS) is 10.3. The van der Waals surface area contributed by atoms with Crippen molar-refractivity contribution in [2.24, 2.45) is 0 Å². The Balaban J connectivity index is 2.28. The fourth-order valence-corrected chi connectivity index (χ4v) is 2.29. The van der Waals surface area contributed by atoms with Crippen LogP contribution in [0.15, 0.2) is 40.9 Å². The molecule has 1 amide bonds. The molecule has 2 aromatic rings. The average molecular weight is 438 g/mol. The molecule has 98 valence electrons. The summed E-state index contributed by atoms with van der Waals surface area (Å²) in [5, 5.41) is 2.57. The maximum atomic E-state index is 13.5. The topological polar surface area (TPSA) is 29.1 Å². The predicted molar refractivity (Wildman–Crippen MR) is 81.2 cm³/mol. The third-order valence-electron chi connectivity index (χ3n) is 2.35. The lowest BCUT2D eigenvalue weighted by Gasteiger charge is -2.08. The zero-order valence-corrected chi connectivity index (χ0v) is 13.1. The predicted octanol–water partition coefficient (Wildman–Crippen LogP) is 4.58. The molecule has 2 rings (SSSR count). The van der Waals surface area contributed by atoms with Gasteiger partial charge >= 0.3 is 0 Å². The van der Waals surface area contributed by atoms with Gasteiger partial charge in [0.15, 0.2) is 0 Å². The summed E-state index contributed by atoms with van der Waals surface area (Å²) in [7, 11) is 0. The molecule has 0 fully saturated rings. The maximum absolute atomic E-state index is 13.5. The van der Waals surface area contributed by atoms with E-state index in [0.717, 1.165) is 15.7 Å². The van der Waals surface area contributed by atoms with Crippen LogP contribution in [0.25, 0.3) is 0 Å². The van der Waals surface area contributed by atoms with Crippen LogP contribution >= 0.6 is 38.5 Å². The molecule has 0 heterocycles. The van der Waals surface area contributed by atoms with E-state index in [4.69, 9.17) is 0 Å². The summed E-state index contributed by atoms with van der Waals surface area (Å²) in [5.41, 5.74) is 0.327. The number of rotatable bonds is 2. The Bertz CT molecular complexity index is 649. The third-order valence-corrected chi connectivity index (χ3v) is 3.71. The van der Waals surface area contributed by atoms with Gasteiger partial charge in [0.25, 0.3) is 5.91 Å². The summed E-state index contributed by atoms with van der Waals surface area (Å²) in [6, 6.07) is 8.21. The van der Waals surface area contributed by atoms with Crippen molar-refractivity contribution in [2.45, 2.75) is 0 Å². The van der Waals surface area contributed by atoms with E-state index in [-0.39, 0.29) is 5.56 Å². The van der Waals surface area contributed by atoms with Crippen LogP contribution in [0.5, 0.6) is 0 Å². The van der Waals surface area contributed by atoms with Crippen LogP contribution in [-0.2, 0) is 0 Å². The minimum atomic E-state index is -0.890. The lowest BCUT2D eigenvalue weighted by molar-refractivity contribution is 0.102. The van der Waals surface area contributed by atoms with Crippen molar-refractivity contribution in [3.63, 3.8) is 0 Å². The highest BCUT2D eigenvalue weighted by molar-refractivity contribution is 14.1. The lowest BCUT2D eigenvalue weighted by Crippen LogP contribution is -2.14. The lowest BCUT2D eigenvalue weighted by atomic mass is 10.2. The van der Waals surface area contributed by atoms with Gasteiger partial charge in [0.1, 0.15) is 11.6 Å². The molecule has 0 saturated heterocycles. The highest BCUT2D eigenvalue weighted by Crippen LogP contribution is 2.25. The summed E-state index contributed by atoms with van der Waals surface area (Å²) in [4.78, 5) is 11.9. The number of nitrogens with one attached hydrogen (secondary N) is 1. The first-order valence-corrected chi connectivity index (χ1v) is 7.06. The Kier molecular flexibility index (Phi) is 4.51.